The second-order valence-corrected chi connectivity index (χ2v) is 23.6. The maximum atomic E-state index is 10.0. The molecule has 0 heterocycles. The summed E-state index contributed by atoms with van der Waals surface area (Å²) in [6.45, 7) is 0. The van der Waals surface area contributed by atoms with Crippen LogP contribution >= 0.6 is 36.1 Å². The van der Waals surface area contributed by atoms with Gasteiger partial charge in [0.2, 0.25) is 0 Å². The van der Waals surface area contributed by atoms with Crippen molar-refractivity contribution in [3.05, 3.63) is 182 Å². The third-order valence-electron chi connectivity index (χ3n) is 9.58. The molecule has 6 rings (SSSR count). The van der Waals surface area contributed by atoms with E-state index in [1.165, 1.54) is 53.4 Å². The molecule has 274 valence electrons. The third-order valence-corrected chi connectivity index (χ3v) is 22.1. The molecule has 0 fully saturated rings. The van der Waals surface area contributed by atoms with Crippen LogP contribution in [0.25, 0.3) is 0 Å². The molecular formula is C45H48O4P2S2. The number of carbonyl (C=O) groups is 2. The van der Waals surface area contributed by atoms with Gasteiger partial charge in [-0.3, -0.25) is 9.59 Å². The van der Waals surface area contributed by atoms with Gasteiger partial charge in [-0.05, 0) is 0 Å². The fourth-order valence-corrected chi connectivity index (χ4v) is 19.2. The minimum atomic E-state index is -2.30. The van der Waals surface area contributed by atoms with Crippen molar-refractivity contribution in [2.75, 3.05) is 23.8 Å². The Labute approximate surface area is 323 Å². The topological polar surface area (TPSA) is 74.6 Å². The van der Waals surface area contributed by atoms with Crippen LogP contribution in [0.3, 0.4) is 0 Å². The summed E-state index contributed by atoms with van der Waals surface area (Å²) in [5, 5.41) is 25.4. The Bertz CT molecular complexity index is 1610. The van der Waals surface area contributed by atoms with Crippen molar-refractivity contribution in [3.8, 4) is 0 Å². The van der Waals surface area contributed by atoms with Gasteiger partial charge in [0.05, 0.1) is 12.8 Å². The van der Waals surface area contributed by atoms with Crippen LogP contribution in [0.5, 0.6) is 0 Å². The van der Waals surface area contributed by atoms with Crippen LogP contribution in [0.2, 0.25) is 0 Å². The SMILES string of the molecule is O=C(O)CCSSCCC(=O)O.c1ccc([PH](CCC[PH](c2ccccc2)(c2ccccc2)c2ccccc2)(c2ccccc2)c2ccccc2)cc1. The van der Waals surface area contributed by atoms with E-state index < -0.39 is 26.5 Å². The number of carboxylic acid groups (broad SMARTS) is 2. The molecule has 53 heavy (non-hydrogen) atoms. The summed E-state index contributed by atoms with van der Waals surface area (Å²) < 4.78 is 0. The molecule has 0 bridgehead atoms. The van der Waals surface area contributed by atoms with Crippen LogP contribution < -0.4 is 31.8 Å². The zero-order valence-electron chi connectivity index (χ0n) is 29.8. The second kappa shape index (κ2) is 20.9. The van der Waals surface area contributed by atoms with Gasteiger partial charge in [0.15, 0.2) is 0 Å². The molecule has 0 radical (unpaired) electrons. The van der Waals surface area contributed by atoms with Crippen molar-refractivity contribution in [1.29, 1.82) is 0 Å². The van der Waals surface area contributed by atoms with Gasteiger partial charge in [0.1, 0.15) is 0 Å². The molecule has 0 saturated heterocycles. The van der Waals surface area contributed by atoms with Gasteiger partial charge >= 0.3 is 259 Å². The standard InChI is InChI=1S/C39H38P2.C6H10O4S2/c1-7-20-34(21-8-1)40(35-22-9-2-10-23-35,36-24-11-3-12-25-36)32-19-33-41(37-26-13-4-14-27-37,38-28-15-5-16-29-38)39-30-17-6-18-31-39;7-5(8)1-3-11-12-4-2-6(9)10/h1-18,20-31,40-41H,19,32-33H2;1-4H2,(H,7,8)(H,9,10). The van der Waals surface area contributed by atoms with E-state index in [9.17, 15) is 9.59 Å². The van der Waals surface area contributed by atoms with Crippen molar-refractivity contribution >= 4 is 79.9 Å². The van der Waals surface area contributed by atoms with Crippen molar-refractivity contribution < 1.29 is 19.8 Å². The normalized spacial score (nSPS) is 11.8. The summed E-state index contributed by atoms with van der Waals surface area (Å²) in [5.41, 5.74) is 0. The first-order valence-electron chi connectivity index (χ1n) is 18.0. The summed E-state index contributed by atoms with van der Waals surface area (Å²) >= 11 is 0. The molecule has 0 aliphatic heterocycles. The Hall–Kier alpha value is -4.18. The maximum absolute atomic E-state index is 10.0. The molecule has 6 aromatic rings. The monoisotopic (exact) mass is 778 g/mol. The van der Waals surface area contributed by atoms with Gasteiger partial charge in [-0.1, -0.05) is 21.6 Å². The summed E-state index contributed by atoms with van der Waals surface area (Å²) in [4.78, 5) is 20.0. The summed E-state index contributed by atoms with van der Waals surface area (Å²) in [6, 6.07) is 68.1. The zero-order chi connectivity index (χ0) is 37.2. The number of hydrogen-bond donors (Lipinski definition) is 2. The average molecular weight is 779 g/mol. The molecule has 8 heteroatoms. The third kappa shape index (κ3) is 10.7. The minimum absolute atomic E-state index is 0.130. The summed E-state index contributed by atoms with van der Waals surface area (Å²) in [6.07, 6.45) is 3.73. The molecule has 0 amide bonds. The average Bonchev–Trinajstić information content (AvgIpc) is 3.21. The van der Waals surface area contributed by atoms with Crippen molar-refractivity contribution in [1.82, 2.24) is 0 Å². The van der Waals surface area contributed by atoms with Crippen LogP contribution in [0.15, 0.2) is 182 Å². The summed E-state index contributed by atoms with van der Waals surface area (Å²) in [5.74, 6) is -0.582. The predicted octanol–water partition coefficient (Wildman–Crippen LogP) is 8.15. The van der Waals surface area contributed by atoms with E-state index in [1.54, 1.807) is 0 Å². The van der Waals surface area contributed by atoms with Crippen molar-refractivity contribution in [2.24, 2.45) is 0 Å². The van der Waals surface area contributed by atoms with Gasteiger partial charge in [-0.25, -0.2) is 0 Å². The molecule has 0 atom stereocenters. The van der Waals surface area contributed by atoms with E-state index in [1.807, 2.05) is 0 Å². The fraction of sp³-hybridized carbons (Fsp3) is 0.156. The van der Waals surface area contributed by atoms with Gasteiger partial charge in [-0.2, -0.15) is 0 Å². The zero-order valence-corrected chi connectivity index (χ0v) is 33.4. The second-order valence-electron chi connectivity index (χ2n) is 12.8. The number of rotatable bonds is 17. The van der Waals surface area contributed by atoms with E-state index in [-0.39, 0.29) is 12.8 Å². The number of hydrogen-bond acceptors (Lipinski definition) is 4. The van der Waals surface area contributed by atoms with Crippen molar-refractivity contribution in [2.45, 2.75) is 19.3 Å². The molecule has 2 N–H and O–H groups in total. The number of aliphatic carboxylic acids is 2. The van der Waals surface area contributed by atoms with Crippen molar-refractivity contribution in [3.63, 3.8) is 0 Å². The first-order chi connectivity index (χ1) is 26.0. The summed E-state index contributed by atoms with van der Waals surface area (Å²) in [7, 11) is -1.82. The molecule has 0 spiro atoms. The molecule has 0 aliphatic rings. The Balaban J connectivity index is 0.000000390. The Morgan fingerprint density at radius 1 is 0.377 bits per heavy atom. The molecule has 4 nitrogen and oxygen atoms in total. The van der Waals surface area contributed by atoms with Gasteiger partial charge in [0.25, 0.3) is 0 Å². The molecule has 0 unspecified atom stereocenters. The van der Waals surface area contributed by atoms with E-state index in [2.05, 4.69) is 182 Å². The predicted molar refractivity (Wildman–Crippen MR) is 237 cm³/mol. The molecule has 0 saturated carbocycles. The molecular weight excluding hydrogens is 731 g/mol. The van der Waals surface area contributed by atoms with Crippen LogP contribution in [0, 0.1) is 0 Å². The molecule has 0 aliphatic carbocycles. The molecule has 0 aromatic heterocycles. The number of benzene rings is 6. The number of carboxylic acids is 2. The van der Waals surface area contributed by atoms with Gasteiger partial charge in [0, 0.05) is 11.5 Å². The first-order valence-corrected chi connectivity index (χ1v) is 24.9. The fourth-order valence-electron chi connectivity index (χ4n) is 7.20. The van der Waals surface area contributed by atoms with E-state index >= 15 is 0 Å². The van der Waals surface area contributed by atoms with Crippen LogP contribution in [0.4, 0.5) is 0 Å². The Morgan fingerprint density at radius 3 is 0.774 bits per heavy atom. The first kappa shape index (κ1) is 40.0. The van der Waals surface area contributed by atoms with E-state index in [4.69, 9.17) is 10.2 Å². The Morgan fingerprint density at radius 2 is 0.585 bits per heavy atom. The van der Waals surface area contributed by atoms with Gasteiger partial charge < -0.3 is 10.2 Å². The Kier molecular flexibility index (Phi) is 15.8. The van der Waals surface area contributed by atoms with Gasteiger partial charge in [-0.15, -0.1) is 0 Å². The quantitative estimate of drug-likeness (QED) is 0.0554. The van der Waals surface area contributed by atoms with Crippen LogP contribution in [-0.4, -0.2) is 46.0 Å². The molecule has 6 aromatic carbocycles. The van der Waals surface area contributed by atoms with Crippen LogP contribution in [0.1, 0.15) is 19.3 Å². The van der Waals surface area contributed by atoms with E-state index in [0.29, 0.717) is 11.5 Å². The van der Waals surface area contributed by atoms with Crippen LogP contribution in [-0.2, 0) is 9.59 Å². The van der Waals surface area contributed by atoms with E-state index in [0.717, 1.165) is 18.7 Å².